The normalized spacial score (nSPS) is 13.4. The van der Waals surface area contributed by atoms with Gasteiger partial charge in [-0.1, -0.05) is 25.9 Å². The first-order valence-electron chi connectivity index (χ1n) is 6.31. The van der Waals surface area contributed by atoms with Crippen LogP contribution in [0.2, 0.25) is 0 Å². The largest absolute Gasteiger partial charge is 0.409 e. The minimum Gasteiger partial charge on any atom is -0.409 e. The third-order valence-electron chi connectivity index (χ3n) is 3.17. The van der Waals surface area contributed by atoms with E-state index in [0.717, 1.165) is 39.0 Å². The molecular weight excluding hydrogens is 216 g/mol. The SMILES string of the molecule is CCN(C)CCNCCCC(C)(C)C(N)=NO. The number of nitrogens with zero attached hydrogens (tertiary/aromatic N) is 2. The number of likely N-dealkylation sites (N-methyl/N-ethyl adjacent to an activating group) is 1. The van der Waals surface area contributed by atoms with Crippen LogP contribution in [0.5, 0.6) is 0 Å². The summed E-state index contributed by atoms with van der Waals surface area (Å²) in [6, 6.07) is 0. The van der Waals surface area contributed by atoms with Gasteiger partial charge in [-0.05, 0) is 33.0 Å². The first kappa shape index (κ1) is 16.2. The van der Waals surface area contributed by atoms with Crippen LogP contribution in [0.4, 0.5) is 0 Å². The Hall–Kier alpha value is -0.810. The molecule has 4 N–H and O–H groups in total. The number of hydrogen-bond donors (Lipinski definition) is 3. The highest BCUT2D eigenvalue weighted by molar-refractivity contribution is 5.85. The van der Waals surface area contributed by atoms with Crippen molar-refractivity contribution in [2.75, 3.05) is 33.2 Å². The number of oxime groups is 1. The van der Waals surface area contributed by atoms with Crippen LogP contribution in [0.25, 0.3) is 0 Å². The van der Waals surface area contributed by atoms with E-state index < -0.39 is 0 Å². The summed E-state index contributed by atoms with van der Waals surface area (Å²) in [4.78, 5) is 2.27. The lowest BCUT2D eigenvalue weighted by atomic mass is 9.86. The molecule has 5 heteroatoms. The fourth-order valence-electron chi connectivity index (χ4n) is 1.47. The van der Waals surface area contributed by atoms with Crippen molar-refractivity contribution in [2.45, 2.75) is 33.6 Å². The molecule has 0 atom stereocenters. The van der Waals surface area contributed by atoms with E-state index in [9.17, 15) is 0 Å². The number of rotatable bonds is 9. The van der Waals surface area contributed by atoms with E-state index in [0.29, 0.717) is 5.84 Å². The Morgan fingerprint density at radius 2 is 2.06 bits per heavy atom. The number of amidine groups is 1. The monoisotopic (exact) mass is 244 g/mol. The van der Waals surface area contributed by atoms with Gasteiger partial charge in [0.15, 0.2) is 0 Å². The molecule has 0 aromatic heterocycles. The van der Waals surface area contributed by atoms with Gasteiger partial charge in [0.2, 0.25) is 0 Å². The summed E-state index contributed by atoms with van der Waals surface area (Å²) in [5, 5.41) is 15.1. The molecule has 0 bridgehead atoms. The molecule has 0 radical (unpaired) electrons. The van der Waals surface area contributed by atoms with Gasteiger partial charge in [-0.25, -0.2) is 0 Å². The standard InChI is InChI=1S/C12H28N4O/c1-5-16(4)10-9-14-8-6-7-12(2,3)11(13)15-17/h14,17H,5-10H2,1-4H3,(H2,13,15). The van der Waals surface area contributed by atoms with Crippen molar-refractivity contribution in [2.24, 2.45) is 16.3 Å². The van der Waals surface area contributed by atoms with Crippen LogP contribution in [0, 0.1) is 5.41 Å². The van der Waals surface area contributed by atoms with Gasteiger partial charge < -0.3 is 21.2 Å². The molecule has 0 rings (SSSR count). The maximum absolute atomic E-state index is 8.64. The second-order valence-electron chi connectivity index (χ2n) is 5.12. The summed E-state index contributed by atoms with van der Waals surface area (Å²) in [6.07, 6.45) is 1.94. The highest BCUT2D eigenvalue weighted by Crippen LogP contribution is 2.21. The minimum atomic E-state index is -0.226. The molecule has 0 aromatic carbocycles. The van der Waals surface area contributed by atoms with Gasteiger partial charge in [0, 0.05) is 18.5 Å². The van der Waals surface area contributed by atoms with Gasteiger partial charge in [-0.15, -0.1) is 0 Å². The lowest BCUT2D eigenvalue weighted by molar-refractivity contribution is 0.304. The summed E-state index contributed by atoms with van der Waals surface area (Å²) < 4.78 is 0. The second kappa shape index (κ2) is 8.31. The van der Waals surface area contributed by atoms with Crippen molar-refractivity contribution in [3.05, 3.63) is 0 Å². The Balaban J connectivity index is 3.58. The molecule has 0 saturated heterocycles. The van der Waals surface area contributed by atoms with Crippen LogP contribution in [0.1, 0.15) is 33.6 Å². The first-order valence-corrected chi connectivity index (χ1v) is 6.31. The third-order valence-corrected chi connectivity index (χ3v) is 3.17. The zero-order chi connectivity index (χ0) is 13.3. The van der Waals surface area contributed by atoms with E-state index in [2.05, 4.69) is 29.3 Å². The van der Waals surface area contributed by atoms with E-state index >= 15 is 0 Å². The molecule has 0 spiro atoms. The lowest BCUT2D eigenvalue weighted by Crippen LogP contribution is -2.33. The van der Waals surface area contributed by atoms with Crippen molar-refractivity contribution in [1.82, 2.24) is 10.2 Å². The van der Waals surface area contributed by atoms with Crippen LogP contribution in [0.15, 0.2) is 5.16 Å². The van der Waals surface area contributed by atoms with E-state index in [1.165, 1.54) is 0 Å². The zero-order valence-corrected chi connectivity index (χ0v) is 11.7. The van der Waals surface area contributed by atoms with Crippen LogP contribution in [0.3, 0.4) is 0 Å². The Bertz CT molecular complexity index is 229. The summed E-state index contributed by atoms with van der Waals surface area (Å²) in [7, 11) is 2.11. The quantitative estimate of drug-likeness (QED) is 0.186. The van der Waals surface area contributed by atoms with Crippen LogP contribution < -0.4 is 11.1 Å². The second-order valence-corrected chi connectivity index (χ2v) is 5.12. The molecule has 0 aliphatic heterocycles. The molecule has 0 aliphatic rings. The fourth-order valence-corrected chi connectivity index (χ4v) is 1.47. The van der Waals surface area contributed by atoms with E-state index in [-0.39, 0.29) is 5.41 Å². The van der Waals surface area contributed by atoms with Crippen molar-refractivity contribution in [3.8, 4) is 0 Å². The predicted octanol–water partition coefficient (Wildman–Crippen LogP) is 1.08. The van der Waals surface area contributed by atoms with E-state index in [4.69, 9.17) is 10.9 Å². The number of nitrogens with two attached hydrogens (primary N) is 1. The summed E-state index contributed by atoms with van der Waals surface area (Å²) in [6.45, 7) is 10.3. The number of nitrogens with one attached hydrogen (secondary N) is 1. The molecule has 0 saturated carbocycles. The van der Waals surface area contributed by atoms with Crippen LogP contribution in [-0.2, 0) is 0 Å². The van der Waals surface area contributed by atoms with Crippen molar-refractivity contribution < 1.29 is 5.21 Å². The molecule has 0 amide bonds. The Morgan fingerprint density at radius 1 is 1.41 bits per heavy atom. The third kappa shape index (κ3) is 7.18. The highest BCUT2D eigenvalue weighted by atomic mass is 16.4. The maximum Gasteiger partial charge on any atom is 0.144 e. The van der Waals surface area contributed by atoms with Gasteiger partial charge in [0.1, 0.15) is 5.84 Å². The van der Waals surface area contributed by atoms with Crippen molar-refractivity contribution in [3.63, 3.8) is 0 Å². The van der Waals surface area contributed by atoms with Gasteiger partial charge in [0.05, 0.1) is 0 Å². The molecule has 0 unspecified atom stereocenters. The van der Waals surface area contributed by atoms with Crippen molar-refractivity contribution in [1.29, 1.82) is 0 Å². The molecule has 17 heavy (non-hydrogen) atoms. The van der Waals surface area contributed by atoms with Gasteiger partial charge in [-0.2, -0.15) is 0 Å². The average Bonchev–Trinajstić information content (AvgIpc) is 2.31. The number of hydrogen-bond acceptors (Lipinski definition) is 4. The molecule has 0 heterocycles. The zero-order valence-electron chi connectivity index (χ0n) is 11.7. The van der Waals surface area contributed by atoms with Gasteiger partial charge in [-0.3, -0.25) is 0 Å². The van der Waals surface area contributed by atoms with E-state index in [1.807, 2.05) is 13.8 Å². The summed E-state index contributed by atoms with van der Waals surface area (Å²) in [5.74, 6) is 0.309. The van der Waals surface area contributed by atoms with Crippen molar-refractivity contribution >= 4 is 5.84 Å². The van der Waals surface area contributed by atoms with E-state index in [1.54, 1.807) is 0 Å². The fraction of sp³-hybridized carbons (Fsp3) is 0.917. The molecule has 0 aromatic rings. The van der Waals surface area contributed by atoms with Crippen LogP contribution >= 0.6 is 0 Å². The minimum absolute atomic E-state index is 0.226. The van der Waals surface area contributed by atoms with Gasteiger partial charge in [0.25, 0.3) is 0 Å². The molecule has 0 fully saturated rings. The van der Waals surface area contributed by atoms with Crippen LogP contribution in [-0.4, -0.2) is 49.2 Å². The molecule has 0 aliphatic carbocycles. The smallest absolute Gasteiger partial charge is 0.144 e. The summed E-state index contributed by atoms with van der Waals surface area (Å²) in [5.41, 5.74) is 5.40. The highest BCUT2D eigenvalue weighted by Gasteiger charge is 2.22. The molecule has 5 nitrogen and oxygen atoms in total. The Labute approximate surface area is 105 Å². The first-order chi connectivity index (χ1) is 7.94. The Kier molecular flexibility index (Phi) is 7.91. The Morgan fingerprint density at radius 3 is 2.59 bits per heavy atom. The topological polar surface area (TPSA) is 73.9 Å². The maximum atomic E-state index is 8.64. The molecular formula is C12H28N4O. The summed E-state index contributed by atoms with van der Waals surface area (Å²) >= 11 is 0. The average molecular weight is 244 g/mol. The molecule has 102 valence electrons. The lowest BCUT2D eigenvalue weighted by Gasteiger charge is -2.22. The predicted molar refractivity (Wildman–Crippen MR) is 72.5 cm³/mol. The van der Waals surface area contributed by atoms with Gasteiger partial charge >= 0.3 is 0 Å².